The molecule has 0 heterocycles. The normalized spacial score (nSPS) is 10.0. The van der Waals surface area contributed by atoms with Crippen LogP contribution < -0.4 is 0 Å². The van der Waals surface area contributed by atoms with Crippen LogP contribution in [-0.2, 0) is 0 Å². The molecule has 0 aliphatic rings. The zero-order valence-corrected chi connectivity index (χ0v) is 42.3. The molecule has 0 bridgehead atoms. The molecule has 0 nitrogen and oxygen atoms in total. The Morgan fingerprint density at radius 1 is 0.188 bits per heavy atom. The molecule has 0 N–H and O–H groups in total. The van der Waals surface area contributed by atoms with E-state index in [9.17, 15) is 105 Å². The highest BCUT2D eigenvalue weighted by Gasteiger charge is 2.23. The summed E-state index contributed by atoms with van der Waals surface area (Å²) < 4.78 is 294. The molecule has 0 amide bonds. The zero-order chi connectivity index (χ0) is 61.8. The van der Waals surface area contributed by atoms with Crippen molar-refractivity contribution >= 4 is 0 Å². The molecule has 0 saturated heterocycles. The first-order valence-electron chi connectivity index (χ1n) is 21.8. The van der Waals surface area contributed by atoms with E-state index in [0.717, 1.165) is 68.4 Å². The molecule has 8 aromatic carbocycles. The van der Waals surface area contributed by atoms with Crippen LogP contribution in [0.3, 0.4) is 0 Å². The highest BCUT2D eigenvalue weighted by Crippen LogP contribution is 2.22. The van der Waals surface area contributed by atoms with E-state index in [1.807, 2.05) is 0 Å². The number of rotatable bonds is 0. The lowest BCUT2D eigenvalue weighted by Gasteiger charge is -2.02. The summed E-state index contributed by atoms with van der Waals surface area (Å²) in [5.41, 5.74) is 0.628. The van der Waals surface area contributed by atoms with Crippen LogP contribution in [0.4, 0.5) is 105 Å². The molecular formula is C56H40F24. The Bertz CT molecular complexity index is 3070. The fraction of sp³-hybridized carbons (Fsp3) is 0.143. The third-order valence-electron chi connectivity index (χ3n) is 9.67. The first-order valence-corrected chi connectivity index (χ1v) is 21.8. The highest BCUT2D eigenvalue weighted by atomic mass is 19.2. The van der Waals surface area contributed by atoms with E-state index in [2.05, 4.69) is 0 Å². The van der Waals surface area contributed by atoms with Crippen LogP contribution in [0.2, 0.25) is 0 Å². The average Bonchev–Trinajstić information content (AvgIpc) is 3.40. The van der Waals surface area contributed by atoms with Crippen molar-refractivity contribution in [2.75, 3.05) is 0 Å². The molecule has 0 saturated carbocycles. The van der Waals surface area contributed by atoms with Crippen molar-refractivity contribution in [3.8, 4) is 0 Å². The third-order valence-corrected chi connectivity index (χ3v) is 9.67. The van der Waals surface area contributed by atoms with Crippen molar-refractivity contribution < 1.29 is 105 Å². The number of hydrogen-bond donors (Lipinski definition) is 0. The van der Waals surface area contributed by atoms with Gasteiger partial charge in [-0.05, 0) is 155 Å². The smallest absolute Gasteiger partial charge is 0.200 e. The lowest BCUT2D eigenvalue weighted by Crippen LogP contribution is -2.03. The van der Waals surface area contributed by atoms with Gasteiger partial charge in [-0.15, -0.1) is 0 Å². The van der Waals surface area contributed by atoms with Gasteiger partial charge in [0.2, 0.25) is 5.82 Å². The van der Waals surface area contributed by atoms with E-state index in [-0.39, 0.29) is 22.5 Å². The second kappa shape index (κ2) is 32.2. The molecule has 432 valence electrons. The Kier molecular flexibility index (Phi) is 28.2. The first-order chi connectivity index (χ1) is 37.0. The molecule has 8 aromatic rings. The molecule has 0 fully saturated rings. The van der Waals surface area contributed by atoms with E-state index >= 15 is 0 Å². The molecule has 24 heteroatoms. The summed E-state index contributed by atoms with van der Waals surface area (Å²) in [7, 11) is 0. The summed E-state index contributed by atoms with van der Waals surface area (Å²) >= 11 is 0. The van der Waals surface area contributed by atoms with Crippen LogP contribution in [0.15, 0.2) is 97.1 Å². The summed E-state index contributed by atoms with van der Waals surface area (Å²) in [5.74, 6) is -29.3. The van der Waals surface area contributed by atoms with Crippen LogP contribution >= 0.6 is 0 Å². The molecule has 0 spiro atoms. The topological polar surface area (TPSA) is 0 Å². The summed E-state index contributed by atoms with van der Waals surface area (Å²) in [6.07, 6.45) is 0. The maximum absolute atomic E-state index is 12.4. The van der Waals surface area contributed by atoms with Gasteiger partial charge in [0.25, 0.3) is 0 Å². The Morgan fingerprint density at radius 3 is 1.00 bits per heavy atom. The maximum Gasteiger partial charge on any atom is 0.200 e. The van der Waals surface area contributed by atoms with Crippen LogP contribution in [-0.4, -0.2) is 0 Å². The second-order valence-corrected chi connectivity index (χ2v) is 16.0. The minimum Gasteiger partial charge on any atom is -0.207 e. The highest BCUT2D eigenvalue weighted by molar-refractivity contribution is 5.24. The van der Waals surface area contributed by atoms with Gasteiger partial charge in [-0.3, -0.25) is 0 Å². The van der Waals surface area contributed by atoms with Gasteiger partial charge in [0, 0.05) is 17.7 Å². The van der Waals surface area contributed by atoms with E-state index in [1.165, 1.54) is 65.0 Å². The van der Waals surface area contributed by atoms with Gasteiger partial charge in [0.05, 0.1) is 0 Å². The fourth-order valence-electron chi connectivity index (χ4n) is 5.12. The van der Waals surface area contributed by atoms with Gasteiger partial charge in [0.1, 0.15) is 29.1 Å². The largest absolute Gasteiger partial charge is 0.207 e. The third kappa shape index (κ3) is 21.4. The van der Waals surface area contributed by atoms with Crippen molar-refractivity contribution in [2.24, 2.45) is 0 Å². The van der Waals surface area contributed by atoms with Gasteiger partial charge < -0.3 is 0 Å². The molecule has 0 aliphatic carbocycles. The van der Waals surface area contributed by atoms with Crippen LogP contribution in [0.25, 0.3) is 0 Å². The molecule has 0 radical (unpaired) electrons. The minimum absolute atomic E-state index is 0.110. The Hall–Kier alpha value is -7.92. The summed E-state index contributed by atoms with van der Waals surface area (Å²) in [6.45, 7) is 10.9. The molecule has 8 rings (SSSR count). The van der Waals surface area contributed by atoms with Crippen molar-refractivity contribution in [1.82, 2.24) is 0 Å². The SMILES string of the molecule is Cc1c(F)c(F)c(F)c(F)c1F.Cc1cc(F)c(F)c(F)c1.Cc1cc(F)c(F)c(F)c1F.Cc1cc(F)c(F)cc1F.Cc1cc(F)ccc1F.Cc1ccc(F)c(F)c1F.Cc1ccc(F)cc1F.Cc1cccc(F)c1F. The average molecular weight is 1170 g/mol. The monoisotopic (exact) mass is 1170 g/mol. The van der Waals surface area contributed by atoms with E-state index in [0.29, 0.717) is 34.4 Å². The first kappa shape index (κ1) is 70.1. The van der Waals surface area contributed by atoms with Crippen LogP contribution in [0, 0.1) is 195 Å². The predicted molar refractivity (Wildman–Crippen MR) is 248 cm³/mol. The van der Waals surface area contributed by atoms with Gasteiger partial charge in [-0.1, -0.05) is 24.3 Å². The molecule has 0 aromatic heterocycles. The van der Waals surface area contributed by atoms with Crippen molar-refractivity contribution in [3.05, 3.63) is 281 Å². The lowest BCUT2D eigenvalue weighted by molar-refractivity contribution is 0.373. The van der Waals surface area contributed by atoms with Gasteiger partial charge >= 0.3 is 0 Å². The second-order valence-electron chi connectivity index (χ2n) is 16.0. The van der Waals surface area contributed by atoms with Crippen molar-refractivity contribution in [3.63, 3.8) is 0 Å². The van der Waals surface area contributed by atoms with Crippen LogP contribution in [0.1, 0.15) is 44.5 Å². The Morgan fingerprint density at radius 2 is 0.550 bits per heavy atom. The Balaban J connectivity index is 0.000000458. The number of aryl methyl sites for hydroxylation is 7. The molecule has 0 aliphatic heterocycles. The van der Waals surface area contributed by atoms with Gasteiger partial charge in [-0.25, -0.2) is 105 Å². The quantitative estimate of drug-likeness (QED) is 0.0806. The van der Waals surface area contributed by atoms with E-state index in [1.54, 1.807) is 6.92 Å². The summed E-state index contributed by atoms with van der Waals surface area (Å²) in [6, 6.07) is 16.9. The van der Waals surface area contributed by atoms with Crippen LogP contribution in [0.5, 0.6) is 0 Å². The molecule has 0 unspecified atom stereocenters. The number of halogens is 24. The predicted octanol–water partition coefficient (Wildman–Crippen LogP) is 19.3. The van der Waals surface area contributed by atoms with Gasteiger partial charge in [-0.2, -0.15) is 0 Å². The van der Waals surface area contributed by atoms with Crippen molar-refractivity contribution in [1.29, 1.82) is 0 Å². The molecular weight excluding hydrogens is 1130 g/mol. The fourth-order valence-corrected chi connectivity index (χ4v) is 5.12. The van der Waals surface area contributed by atoms with E-state index in [4.69, 9.17) is 0 Å². The molecule has 80 heavy (non-hydrogen) atoms. The van der Waals surface area contributed by atoms with Crippen molar-refractivity contribution in [2.45, 2.75) is 55.4 Å². The minimum atomic E-state index is -2.13. The number of benzene rings is 8. The standard InChI is InChI=1S/C7H3F5.C7H4F4.3C7H5F3.3C7H6F2/c1-2-3(8)5(10)7(12)6(11)4(2)9;1-3-2-4(8)6(10)7(11)5(3)9;1-4-2-6(9)7(10)3-5(4)8;1-4-2-5(8)7(10)6(9)3-4;1-4-2-3-5(8)7(10)6(4)9;1-5-4-6(8)2-3-7(5)9;1-5-2-3-6(8)4-7(5)9;1-5-3-2-4-6(8)7(5)9/h1H3;2H,1H3;3*2-3H,1H3;3*2-4H,1H3. The van der Waals surface area contributed by atoms with Gasteiger partial charge in [0.15, 0.2) is 105 Å². The summed E-state index contributed by atoms with van der Waals surface area (Å²) in [5, 5.41) is 0. The number of hydrogen-bond acceptors (Lipinski definition) is 0. The van der Waals surface area contributed by atoms with E-state index < -0.39 is 139 Å². The maximum atomic E-state index is 12.4. The Labute approximate surface area is 441 Å². The zero-order valence-electron chi connectivity index (χ0n) is 42.3. The molecule has 0 atom stereocenters. The lowest BCUT2D eigenvalue weighted by atomic mass is 10.2. The summed E-state index contributed by atoms with van der Waals surface area (Å²) in [4.78, 5) is 0.